The van der Waals surface area contributed by atoms with Crippen molar-refractivity contribution in [2.45, 2.75) is 50.0 Å². The first kappa shape index (κ1) is 22.8. The molecule has 4 rings (SSSR count). The first-order chi connectivity index (χ1) is 15.0. The highest BCUT2D eigenvalue weighted by Gasteiger charge is 2.49. The molecule has 2 aromatic rings. The predicted molar refractivity (Wildman–Crippen MR) is 118 cm³/mol. The number of hydrogen-bond donors (Lipinski definition) is 2. The van der Waals surface area contributed by atoms with Gasteiger partial charge in [0.2, 0.25) is 15.9 Å². The predicted octanol–water partition coefficient (Wildman–Crippen LogP) is -0.153. The van der Waals surface area contributed by atoms with Crippen molar-refractivity contribution in [3.8, 4) is 0 Å². The Morgan fingerprint density at radius 3 is 2.69 bits per heavy atom. The molecule has 0 aliphatic carbocycles. The van der Waals surface area contributed by atoms with E-state index < -0.39 is 27.3 Å². The third-order valence-corrected chi connectivity index (χ3v) is 7.14. The van der Waals surface area contributed by atoms with E-state index >= 15 is 0 Å². The molecule has 10 nitrogen and oxygen atoms in total. The molecule has 3 heterocycles. The molecule has 1 amide bonds. The van der Waals surface area contributed by atoms with Crippen LogP contribution in [0.2, 0.25) is 0 Å². The molecule has 11 heteroatoms. The number of carbonyl (C=O) groups excluding carboxylic acids is 1. The van der Waals surface area contributed by atoms with Crippen molar-refractivity contribution < 1.29 is 23.1 Å². The number of nitrogens with zero attached hydrogens (tertiary/aromatic N) is 3. The van der Waals surface area contributed by atoms with E-state index in [1.807, 2.05) is 6.07 Å². The molecule has 174 valence electrons. The number of hydrogen-bond acceptors (Lipinski definition) is 7. The van der Waals surface area contributed by atoms with Crippen LogP contribution < -0.4 is 10.3 Å². The van der Waals surface area contributed by atoms with Crippen molar-refractivity contribution in [3.05, 3.63) is 40.8 Å². The number of sulfonamides is 1. The molecular weight excluding hydrogens is 436 g/mol. The number of ether oxygens (including phenoxy) is 1. The van der Waals surface area contributed by atoms with Crippen LogP contribution >= 0.6 is 0 Å². The Morgan fingerprint density at radius 1 is 1.31 bits per heavy atom. The highest BCUT2D eigenvalue weighted by Crippen LogP contribution is 2.38. The van der Waals surface area contributed by atoms with Crippen molar-refractivity contribution >= 4 is 26.7 Å². The van der Waals surface area contributed by atoms with Crippen molar-refractivity contribution in [2.24, 2.45) is 0 Å². The Balaban J connectivity index is 1.42. The number of piperidine rings is 1. The number of fused-ring (bicyclic) bond motifs is 1. The summed E-state index contributed by atoms with van der Waals surface area (Å²) in [6, 6.07) is 6.43. The highest BCUT2D eigenvalue weighted by molar-refractivity contribution is 7.88. The lowest BCUT2D eigenvalue weighted by molar-refractivity contribution is -0.191. The lowest BCUT2D eigenvalue weighted by Crippen LogP contribution is -2.64. The maximum Gasteiger partial charge on any atom is 0.275 e. The second-order valence-electron chi connectivity index (χ2n) is 9.05. The molecule has 1 spiro atoms. The largest absolute Gasteiger partial charge is 0.386 e. The normalized spacial score (nSPS) is 25.8. The summed E-state index contributed by atoms with van der Waals surface area (Å²) in [6.45, 7) is 2.23. The van der Waals surface area contributed by atoms with Gasteiger partial charge in [-0.15, -0.1) is 0 Å². The van der Waals surface area contributed by atoms with Gasteiger partial charge >= 0.3 is 0 Å². The summed E-state index contributed by atoms with van der Waals surface area (Å²) in [4.78, 5) is 27.1. The van der Waals surface area contributed by atoms with E-state index in [9.17, 15) is 23.1 Å². The minimum absolute atomic E-state index is 0.00450. The third kappa shape index (κ3) is 4.70. The smallest absolute Gasteiger partial charge is 0.275 e. The number of aliphatic hydroxyl groups is 1. The molecule has 2 atom stereocenters. The molecule has 2 fully saturated rings. The van der Waals surface area contributed by atoms with Gasteiger partial charge in [-0.2, -0.15) is 5.10 Å². The summed E-state index contributed by atoms with van der Waals surface area (Å²) < 4.78 is 33.2. The second kappa shape index (κ2) is 8.22. The van der Waals surface area contributed by atoms with Gasteiger partial charge in [-0.05, 0) is 32.3 Å². The zero-order valence-electron chi connectivity index (χ0n) is 18.2. The fourth-order valence-corrected chi connectivity index (χ4v) is 5.31. The molecule has 32 heavy (non-hydrogen) atoms. The Labute approximate surface area is 186 Å². The van der Waals surface area contributed by atoms with Gasteiger partial charge in [0, 0.05) is 18.5 Å². The first-order valence-electron chi connectivity index (χ1n) is 10.5. The summed E-state index contributed by atoms with van der Waals surface area (Å²) in [6.07, 6.45) is 3.98. The van der Waals surface area contributed by atoms with Crippen LogP contribution in [0, 0.1) is 0 Å². The number of benzene rings is 1. The first-order valence-corrected chi connectivity index (χ1v) is 12.4. The van der Waals surface area contributed by atoms with Crippen LogP contribution in [0.5, 0.6) is 0 Å². The minimum atomic E-state index is -3.50. The van der Waals surface area contributed by atoms with Gasteiger partial charge in [0.15, 0.2) is 0 Å². The number of nitrogens with one attached hydrogen (secondary N) is 1. The Morgan fingerprint density at radius 2 is 2.00 bits per heavy atom. The molecule has 0 saturated carbocycles. The summed E-state index contributed by atoms with van der Waals surface area (Å²) in [5.41, 5.74) is -2.23. The maximum atomic E-state index is 12.8. The molecule has 0 bridgehead atoms. The molecule has 2 saturated heterocycles. The zero-order valence-corrected chi connectivity index (χ0v) is 19.0. The standard InChI is InChI=1S/C21H28N4O6S/c1-20(28)14-31-21(11-17(20)23-32(2,29)30)7-9-24(10-8-21)18(26)13-25-19(27)16-6-4-3-5-15(16)12-22-25/h3-6,12,17,23,28H,7-11,13-14H2,1-2H3/t17-,20-/m0/s1. The molecule has 1 aromatic carbocycles. The topological polar surface area (TPSA) is 131 Å². The van der Waals surface area contributed by atoms with E-state index in [1.54, 1.807) is 36.2 Å². The summed E-state index contributed by atoms with van der Waals surface area (Å²) in [7, 11) is -3.50. The minimum Gasteiger partial charge on any atom is -0.386 e. The molecular formula is C21H28N4O6S. The lowest BCUT2D eigenvalue weighted by Gasteiger charge is -2.50. The van der Waals surface area contributed by atoms with Gasteiger partial charge in [-0.25, -0.2) is 17.8 Å². The Hall–Kier alpha value is -2.34. The van der Waals surface area contributed by atoms with Crippen LogP contribution in [0.4, 0.5) is 0 Å². The van der Waals surface area contributed by atoms with Gasteiger partial charge in [0.25, 0.3) is 5.56 Å². The van der Waals surface area contributed by atoms with Gasteiger partial charge in [-0.1, -0.05) is 18.2 Å². The van der Waals surface area contributed by atoms with Gasteiger partial charge in [0.1, 0.15) is 12.1 Å². The number of amides is 1. The summed E-state index contributed by atoms with van der Waals surface area (Å²) in [5.74, 6) is -0.210. The maximum absolute atomic E-state index is 12.8. The van der Waals surface area contributed by atoms with Crippen molar-refractivity contribution in [2.75, 3.05) is 26.0 Å². The third-order valence-electron chi connectivity index (χ3n) is 6.43. The van der Waals surface area contributed by atoms with E-state index in [1.165, 1.54) is 4.68 Å². The number of likely N-dealkylation sites (tertiary alicyclic amines) is 1. The quantitative estimate of drug-likeness (QED) is 0.643. The summed E-state index contributed by atoms with van der Waals surface area (Å²) in [5, 5.41) is 15.9. The average molecular weight is 465 g/mol. The van der Waals surface area contributed by atoms with E-state index in [2.05, 4.69) is 9.82 Å². The van der Waals surface area contributed by atoms with Gasteiger partial charge < -0.3 is 14.7 Å². The van der Waals surface area contributed by atoms with Crippen molar-refractivity contribution in [3.63, 3.8) is 0 Å². The fourth-order valence-electron chi connectivity index (χ4n) is 4.46. The average Bonchev–Trinajstić information content (AvgIpc) is 2.73. The monoisotopic (exact) mass is 464 g/mol. The van der Waals surface area contributed by atoms with Gasteiger partial charge in [-0.3, -0.25) is 9.59 Å². The van der Waals surface area contributed by atoms with E-state index in [0.29, 0.717) is 37.7 Å². The van der Waals surface area contributed by atoms with Crippen LogP contribution in [0.3, 0.4) is 0 Å². The molecule has 2 N–H and O–H groups in total. The van der Waals surface area contributed by atoms with Crippen LogP contribution in [-0.4, -0.2) is 77.3 Å². The van der Waals surface area contributed by atoms with Crippen molar-refractivity contribution in [1.29, 1.82) is 0 Å². The Kier molecular flexibility index (Phi) is 5.86. The molecule has 1 aromatic heterocycles. The van der Waals surface area contributed by atoms with Crippen LogP contribution in [0.15, 0.2) is 35.3 Å². The van der Waals surface area contributed by atoms with Crippen molar-refractivity contribution in [1.82, 2.24) is 19.4 Å². The SMILES string of the molecule is C[C@]1(O)COC2(CCN(C(=O)Cn3ncc4ccccc4c3=O)CC2)C[C@@H]1NS(C)(=O)=O. The number of carbonyl (C=O) groups is 1. The number of aromatic nitrogens is 2. The number of rotatable bonds is 4. The fraction of sp³-hybridized carbons (Fsp3) is 0.571. The second-order valence-corrected chi connectivity index (χ2v) is 10.8. The lowest BCUT2D eigenvalue weighted by atomic mass is 9.78. The van der Waals surface area contributed by atoms with Crippen LogP contribution in [0.25, 0.3) is 10.8 Å². The highest BCUT2D eigenvalue weighted by atomic mass is 32.2. The molecule has 2 aliphatic rings. The molecule has 0 radical (unpaired) electrons. The summed E-state index contributed by atoms with van der Waals surface area (Å²) >= 11 is 0. The van der Waals surface area contributed by atoms with E-state index in [0.717, 1.165) is 11.6 Å². The van der Waals surface area contributed by atoms with E-state index in [4.69, 9.17) is 4.74 Å². The Bertz CT molecular complexity index is 1180. The molecule has 2 aliphatic heterocycles. The molecule has 0 unspecified atom stereocenters. The van der Waals surface area contributed by atoms with E-state index in [-0.39, 0.29) is 24.6 Å². The van der Waals surface area contributed by atoms with Gasteiger partial charge in [0.05, 0.1) is 36.1 Å². The zero-order chi connectivity index (χ0) is 23.1. The van der Waals surface area contributed by atoms with Crippen LogP contribution in [0.1, 0.15) is 26.2 Å². The van der Waals surface area contributed by atoms with Crippen LogP contribution in [-0.2, 0) is 26.1 Å².